The lowest BCUT2D eigenvalue weighted by Crippen LogP contribution is -1.86. The Morgan fingerprint density at radius 1 is 0.895 bits per heavy atom. The molecule has 3 aromatic rings. The highest BCUT2D eigenvalue weighted by atomic mass is 79.9. The quantitative estimate of drug-likeness (QED) is 0.579. The van der Waals surface area contributed by atoms with Crippen LogP contribution in [0.15, 0.2) is 59.1 Å². The SMILES string of the molecule is [O-]c1[s+]c(-c2ccc(Br)cc2)sc1-c1ccccc1. The van der Waals surface area contributed by atoms with Crippen molar-refractivity contribution in [3.8, 4) is 25.3 Å². The van der Waals surface area contributed by atoms with E-state index in [-0.39, 0.29) is 5.06 Å². The second-order valence-electron chi connectivity index (χ2n) is 3.98. The highest BCUT2D eigenvalue weighted by Gasteiger charge is 2.19. The maximum absolute atomic E-state index is 12.1. The molecular formula is C15H9BrOS2. The third kappa shape index (κ3) is 2.71. The summed E-state index contributed by atoms with van der Waals surface area (Å²) in [5.41, 5.74) is 2.09. The van der Waals surface area contributed by atoms with Gasteiger partial charge in [-0.15, -0.1) is 0 Å². The highest BCUT2D eigenvalue weighted by Crippen LogP contribution is 2.45. The molecule has 1 nitrogen and oxygen atoms in total. The van der Waals surface area contributed by atoms with E-state index in [1.165, 1.54) is 11.3 Å². The first-order chi connectivity index (χ1) is 9.24. The van der Waals surface area contributed by atoms with Gasteiger partial charge in [-0.3, -0.25) is 0 Å². The highest BCUT2D eigenvalue weighted by molar-refractivity contribution is 9.10. The molecule has 0 radical (unpaired) electrons. The molecule has 2 aromatic carbocycles. The van der Waals surface area contributed by atoms with Crippen molar-refractivity contribution in [3.63, 3.8) is 0 Å². The summed E-state index contributed by atoms with van der Waals surface area (Å²) in [6.07, 6.45) is 0. The van der Waals surface area contributed by atoms with Gasteiger partial charge in [-0.2, -0.15) is 0 Å². The van der Waals surface area contributed by atoms with Crippen LogP contribution in [-0.4, -0.2) is 0 Å². The van der Waals surface area contributed by atoms with Gasteiger partial charge in [0.15, 0.2) is 4.88 Å². The van der Waals surface area contributed by atoms with E-state index in [1.54, 1.807) is 11.3 Å². The molecule has 0 aliphatic heterocycles. The Kier molecular flexibility index (Phi) is 3.64. The van der Waals surface area contributed by atoms with E-state index in [4.69, 9.17) is 0 Å². The standard InChI is InChI=1S/C15H9BrOS2/c16-12-8-6-11(7-9-12)15-18-13(14(17)19-15)10-4-2-1-3-5-10/h1-9H. The minimum absolute atomic E-state index is 0.133. The molecule has 0 spiro atoms. The van der Waals surface area contributed by atoms with E-state index >= 15 is 0 Å². The first-order valence-corrected chi connectivity index (χ1v) is 8.12. The van der Waals surface area contributed by atoms with Crippen molar-refractivity contribution >= 4 is 38.6 Å². The Bertz CT molecular complexity index is 690. The fourth-order valence-corrected chi connectivity index (χ4v) is 4.32. The summed E-state index contributed by atoms with van der Waals surface area (Å²) in [7, 11) is 0. The molecule has 0 fully saturated rings. The molecule has 0 atom stereocenters. The third-order valence-corrected chi connectivity index (χ3v) is 5.70. The lowest BCUT2D eigenvalue weighted by Gasteiger charge is -1.96. The number of rotatable bonds is 2. The molecular weight excluding hydrogens is 340 g/mol. The van der Waals surface area contributed by atoms with Crippen molar-refractivity contribution in [1.82, 2.24) is 0 Å². The zero-order valence-electron chi connectivity index (χ0n) is 9.80. The van der Waals surface area contributed by atoms with E-state index in [0.29, 0.717) is 0 Å². The van der Waals surface area contributed by atoms with Gasteiger partial charge in [0.2, 0.25) is 0 Å². The summed E-state index contributed by atoms with van der Waals surface area (Å²) >= 11 is 6.30. The molecule has 4 heteroatoms. The second kappa shape index (κ2) is 5.41. The maximum Gasteiger partial charge on any atom is 0.284 e. The third-order valence-electron chi connectivity index (χ3n) is 2.68. The predicted octanol–water partition coefficient (Wildman–Crippen LogP) is 5.26. The number of benzene rings is 2. The van der Waals surface area contributed by atoms with Crippen LogP contribution in [0.25, 0.3) is 20.2 Å². The molecule has 0 unspecified atom stereocenters. The number of halogens is 1. The average molecular weight is 349 g/mol. The molecule has 0 N–H and O–H groups in total. The zero-order chi connectivity index (χ0) is 13.2. The van der Waals surface area contributed by atoms with Crippen molar-refractivity contribution < 1.29 is 5.11 Å². The Labute approximate surface area is 127 Å². The number of hydrogen-bond acceptors (Lipinski definition) is 2. The average Bonchev–Trinajstić information content (AvgIpc) is 2.83. The lowest BCUT2D eigenvalue weighted by molar-refractivity contribution is -0.260. The normalized spacial score (nSPS) is 10.6. The molecule has 3 rings (SSSR count). The van der Waals surface area contributed by atoms with Crippen LogP contribution in [0.3, 0.4) is 0 Å². The minimum atomic E-state index is 0.133. The smallest absolute Gasteiger partial charge is 0.284 e. The minimum Gasteiger partial charge on any atom is -0.845 e. The largest absolute Gasteiger partial charge is 0.845 e. The molecule has 1 heterocycles. The van der Waals surface area contributed by atoms with Gasteiger partial charge in [-0.25, -0.2) is 0 Å². The van der Waals surface area contributed by atoms with Gasteiger partial charge in [0, 0.05) is 15.6 Å². The van der Waals surface area contributed by atoms with E-state index in [1.807, 2.05) is 54.6 Å². The Morgan fingerprint density at radius 2 is 1.58 bits per heavy atom. The van der Waals surface area contributed by atoms with Gasteiger partial charge >= 0.3 is 0 Å². The van der Waals surface area contributed by atoms with Gasteiger partial charge in [0.1, 0.15) is 5.06 Å². The van der Waals surface area contributed by atoms with Gasteiger partial charge in [-0.1, -0.05) is 46.3 Å². The van der Waals surface area contributed by atoms with Gasteiger partial charge < -0.3 is 5.11 Å². The Morgan fingerprint density at radius 3 is 2.26 bits per heavy atom. The fraction of sp³-hybridized carbons (Fsp3) is 0. The fourth-order valence-electron chi connectivity index (χ4n) is 1.76. The van der Waals surface area contributed by atoms with Gasteiger partial charge in [-0.05, 0) is 24.3 Å². The van der Waals surface area contributed by atoms with Crippen LogP contribution in [0, 0.1) is 0 Å². The van der Waals surface area contributed by atoms with Crippen LogP contribution in [0.1, 0.15) is 0 Å². The van der Waals surface area contributed by atoms with Crippen molar-refractivity contribution in [1.29, 1.82) is 0 Å². The first kappa shape index (κ1) is 12.8. The summed E-state index contributed by atoms with van der Waals surface area (Å²) in [5.74, 6) is 0. The number of hydrogen-bond donors (Lipinski definition) is 0. The van der Waals surface area contributed by atoms with E-state index < -0.39 is 0 Å². The summed E-state index contributed by atoms with van der Waals surface area (Å²) < 4.78 is 2.10. The summed E-state index contributed by atoms with van der Waals surface area (Å²) in [6, 6.07) is 17.9. The van der Waals surface area contributed by atoms with Crippen LogP contribution in [0.2, 0.25) is 0 Å². The molecule has 0 aliphatic rings. The second-order valence-corrected chi connectivity index (χ2v) is 7.16. The van der Waals surface area contributed by atoms with Crippen molar-refractivity contribution in [3.05, 3.63) is 59.1 Å². The molecule has 0 aliphatic carbocycles. The van der Waals surface area contributed by atoms with Gasteiger partial charge in [0.05, 0.1) is 22.7 Å². The van der Waals surface area contributed by atoms with Gasteiger partial charge in [0.25, 0.3) is 4.19 Å². The molecule has 0 saturated carbocycles. The summed E-state index contributed by atoms with van der Waals surface area (Å²) in [6.45, 7) is 0. The molecule has 19 heavy (non-hydrogen) atoms. The van der Waals surface area contributed by atoms with Crippen LogP contribution in [-0.2, 0) is 0 Å². The Balaban J connectivity index is 2.04. The van der Waals surface area contributed by atoms with Crippen LogP contribution < -0.4 is 5.11 Å². The van der Waals surface area contributed by atoms with Crippen molar-refractivity contribution in [2.45, 2.75) is 0 Å². The molecule has 1 aromatic heterocycles. The molecule has 0 bridgehead atoms. The molecule has 94 valence electrons. The van der Waals surface area contributed by atoms with Crippen LogP contribution in [0.5, 0.6) is 5.06 Å². The summed E-state index contributed by atoms with van der Waals surface area (Å²) in [4.78, 5) is 0.823. The monoisotopic (exact) mass is 348 g/mol. The zero-order valence-corrected chi connectivity index (χ0v) is 13.0. The lowest BCUT2D eigenvalue weighted by atomic mass is 10.2. The van der Waals surface area contributed by atoms with Crippen molar-refractivity contribution in [2.24, 2.45) is 0 Å². The van der Waals surface area contributed by atoms with E-state index in [2.05, 4.69) is 15.9 Å². The van der Waals surface area contributed by atoms with Crippen LogP contribution >= 0.6 is 38.6 Å². The van der Waals surface area contributed by atoms with E-state index in [0.717, 1.165) is 24.7 Å². The van der Waals surface area contributed by atoms with Crippen LogP contribution in [0.4, 0.5) is 0 Å². The topological polar surface area (TPSA) is 23.1 Å². The first-order valence-electron chi connectivity index (χ1n) is 5.69. The molecule has 0 saturated heterocycles. The predicted molar refractivity (Wildman–Crippen MR) is 84.6 cm³/mol. The Hall–Kier alpha value is -1.23. The molecule has 0 amide bonds. The summed E-state index contributed by atoms with van der Waals surface area (Å²) in [5, 5.41) is 12.2. The van der Waals surface area contributed by atoms with E-state index in [9.17, 15) is 5.11 Å². The maximum atomic E-state index is 12.1. The van der Waals surface area contributed by atoms with Crippen molar-refractivity contribution in [2.75, 3.05) is 0 Å².